The second-order valence-electron chi connectivity index (χ2n) is 5.93. The summed E-state index contributed by atoms with van der Waals surface area (Å²) in [6.07, 6.45) is 1.88. The molecule has 2 aromatic rings. The van der Waals surface area contributed by atoms with Gasteiger partial charge in [0.15, 0.2) is 0 Å². The first-order valence-electron chi connectivity index (χ1n) is 7.81. The Balaban J connectivity index is 1.82. The molecule has 1 fully saturated rings. The third-order valence-electron chi connectivity index (χ3n) is 4.30. The molecule has 122 valence electrons. The molecule has 3 N–H and O–H groups in total. The number of H-pyrrole nitrogens is 1. The minimum absolute atomic E-state index is 0.0199. The molecule has 23 heavy (non-hydrogen) atoms. The third-order valence-corrected chi connectivity index (χ3v) is 4.30. The van der Waals surface area contributed by atoms with E-state index in [0.717, 1.165) is 24.0 Å². The standard InChI is InChI=1S/C16H20N4O3/c1-10-12(7-4-8-17-10)18-14(21)9-20-15(22)11-5-2-3-6-13(11)19-16(20)23/h2-3,5-6,10,12,17H,4,7-9H2,1H3,(H,18,21)(H,19,23). The number of carbonyl (C=O) groups excluding carboxylic acids is 1. The zero-order valence-electron chi connectivity index (χ0n) is 13.0. The Morgan fingerprint density at radius 3 is 2.91 bits per heavy atom. The van der Waals surface area contributed by atoms with E-state index in [1.807, 2.05) is 6.92 Å². The molecule has 1 amide bonds. The second-order valence-corrected chi connectivity index (χ2v) is 5.93. The fourth-order valence-electron chi connectivity index (χ4n) is 2.98. The van der Waals surface area contributed by atoms with Crippen LogP contribution in [0.25, 0.3) is 10.9 Å². The molecule has 2 heterocycles. The van der Waals surface area contributed by atoms with Crippen molar-refractivity contribution in [2.24, 2.45) is 0 Å². The Kier molecular flexibility index (Phi) is 4.29. The van der Waals surface area contributed by atoms with E-state index in [1.165, 1.54) is 0 Å². The van der Waals surface area contributed by atoms with Gasteiger partial charge in [-0.15, -0.1) is 0 Å². The number of hydrogen-bond acceptors (Lipinski definition) is 4. The lowest BCUT2D eigenvalue weighted by molar-refractivity contribution is -0.122. The number of nitrogens with one attached hydrogen (secondary N) is 3. The molecule has 1 aliphatic rings. The number of para-hydroxylation sites is 1. The SMILES string of the molecule is CC1NCCCC1NC(=O)Cn1c(=O)[nH]c2ccccc2c1=O. The number of nitrogens with zero attached hydrogens (tertiary/aromatic N) is 1. The molecular weight excluding hydrogens is 296 g/mol. The largest absolute Gasteiger partial charge is 0.350 e. The van der Waals surface area contributed by atoms with Gasteiger partial charge in [-0.2, -0.15) is 0 Å². The van der Waals surface area contributed by atoms with E-state index in [2.05, 4.69) is 15.6 Å². The molecule has 2 atom stereocenters. The Morgan fingerprint density at radius 2 is 2.13 bits per heavy atom. The Labute approximate surface area is 132 Å². The van der Waals surface area contributed by atoms with Gasteiger partial charge in [0.25, 0.3) is 5.56 Å². The van der Waals surface area contributed by atoms with E-state index in [9.17, 15) is 14.4 Å². The molecule has 3 rings (SSSR count). The van der Waals surface area contributed by atoms with E-state index >= 15 is 0 Å². The summed E-state index contributed by atoms with van der Waals surface area (Å²) in [5.74, 6) is -0.326. The van der Waals surface area contributed by atoms with Crippen molar-refractivity contribution in [2.45, 2.75) is 38.4 Å². The molecule has 1 saturated heterocycles. The van der Waals surface area contributed by atoms with Crippen LogP contribution in [0.1, 0.15) is 19.8 Å². The molecule has 0 saturated carbocycles. The van der Waals surface area contributed by atoms with E-state index < -0.39 is 11.2 Å². The van der Waals surface area contributed by atoms with Crippen molar-refractivity contribution in [3.63, 3.8) is 0 Å². The summed E-state index contributed by atoms with van der Waals surface area (Å²) in [6.45, 7) is 2.68. The number of piperidine rings is 1. The third kappa shape index (κ3) is 3.19. The van der Waals surface area contributed by atoms with Crippen molar-refractivity contribution in [3.05, 3.63) is 45.1 Å². The summed E-state index contributed by atoms with van der Waals surface area (Å²) < 4.78 is 0.943. The summed E-state index contributed by atoms with van der Waals surface area (Å²) >= 11 is 0. The fraction of sp³-hybridized carbons (Fsp3) is 0.438. The smallest absolute Gasteiger partial charge is 0.329 e. The maximum absolute atomic E-state index is 12.4. The van der Waals surface area contributed by atoms with Gasteiger partial charge in [-0.1, -0.05) is 12.1 Å². The van der Waals surface area contributed by atoms with Crippen LogP contribution in [-0.4, -0.2) is 34.1 Å². The lowest BCUT2D eigenvalue weighted by atomic mass is 10.00. The number of rotatable bonds is 3. The lowest BCUT2D eigenvalue weighted by Gasteiger charge is -2.30. The van der Waals surface area contributed by atoms with Crippen LogP contribution in [0.2, 0.25) is 0 Å². The van der Waals surface area contributed by atoms with Crippen LogP contribution in [0.4, 0.5) is 0 Å². The average molecular weight is 316 g/mol. The summed E-state index contributed by atoms with van der Waals surface area (Å²) in [6, 6.07) is 6.96. The van der Waals surface area contributed by atoms with E-state index in [1.54, 1.807) is 24.3 Å². The number of hydrogen-bond donors (Lipinski definition) is 3. The van der Waals surface area contributed by atoms with Gasteiger partial charge in [0.05, 0.1) is 10.9 Å². The van der Waals surface area contributed by atoms with Gasteiger partial charge in [0, 0.05) is 12.1 Å². The maximum atomic E-state index is 12.4. The van der Waals surface area contributed by atoms with Gasteiger partial charge < -0.3 is 15.6 Å². The first-order chi connectivity index (χ1) is 11.1. The van der Waals surface area contributed by atoms with Crippen molar-refractivity contribution in [1.82, 2.24) is 20.2 Å². The Bertz CT molecular complexity index is 839. The van der Waals surface area contributed by atoms with E-state index in [-0.39, 0.29) is 24.5 Å². The number of carbonyl (C=O) groups is 1. The minimum atomic E-state index is -0.571. The van der Waals surface area contributed by atoms with Crippen molar-refractivity contribution < 1.29 is 4.79 Å². The zero-order chi connectivity index (χ0) is 16.4. The first kappa shape index (κ1) is 15.5. The highest BCUT2D eigenvalue weighted by molar-refractivity contribution is 5.79. The van der Waals surface area contributed by atoms with Gasteiger partial charge in [0.1, 0.15) is 6.54 Å². The van der Waals surface area contributed by atoms with Crippen LogP contribution in [0.3, 0.4) is 0 Å². The zero-order valence-corrected chi connectivity index (χ0v) is 13.0. The van der Waals surface area contributed by atoms with Gasteiger partial charge in [-0.3, -0.25) is 14.2 Å². The maximum Gasteiger partial charge on any atom is 0.329 e. The topological polar surface area (TPSA) is 96.0 Å². The van der Waals surface area contributed by atoms with Crippen LogP contribution in [0.15, 0.2) is 33.9 Å². The van der Waals surface area contributed by atoms with E-state index in [0.29, 0.717) is 10.9 Å². The van der Waals surface area contributed by atoms with Crippen molar-refractivity contribution in [2.75, 3.05) is 6.54 Å². The van der Waals surface area contributed by atoms with Crippen LogP contribution in [-0.2, 0) is 11.3 Å². The molecule has 7 heteroatoms. The Hall–Kier alpha value is -2.41. The quantitative estimate of drug-likeness (QED) is 0.739. The summed E-state index contributed by atoms with van der Waals surface area (Å²) in [4.78, 5) is 39.3. The lowest BCUT2D eigenvalue weighted by Crippen LogP contribution is -2.53. The van der Waals surface area contributed by atoms with Crippen molar-refractivity contribution >= 4 is 16.8 Å². The highest BCUT2D eigenvalue weighted by atomic mass is 16.2. The molecular formula is C16H20N4O3. The number of amides is 1. The highest BCUT2D eigenvalue weighted by Gasteiger charge is 2.22. The molecule has 0 aliphatic carbocycles. The van der Waals surface area contributed by atoms with Crippen LogP contribution in [0.5, 0.6) is 0 Å². The van der Waals surface area contributed by atoms with E-state index in [4.69, 9.17) is 0 Å². The number of aromatic nitrogens is 2. The van der Waals surface area contributed by atoms with Crippen molar-refractivity contribution in [3.8, 4) is 0 Å². The number of benzene rings is 1. The van der Waals surface area contributed by atoms with Crippen LogP contribution >= 0.6 is 0 Å². The fourth-order valence-corrected chi connectivity index (χ4v) is 2.98. The second kappa shape index (κ2) is 6.37. The molecule has 7 nitrogen and oxygen atoms in total. The average Bonchev–Trinajstić information content (AvgIpc) is 2.54. The number of fused-ring (bicyclic) bond motifs is 1. The Morgan fingerprint density at radius 1 is 1.35 bits per heavy atom. The number of aromatic amines is 1. The van der Waals surface area contributed by atoms with Crippen LogP contribution < -0.4 is 21.9 Å². The minimum Gasteiger partial charge on any atom is -0.350 e. The monoisotopic (exact) mass is 316 g/mol. The molecule has 2 unspecified atom stereocenters. The summed E-state index contributed by atoms with van der Waals surface area (Å²) in [7, 11) is 0. The first-order valence-corrected chi connectivity index (χ1v) is 7.81. The summed E-state index contributed by atoms with van der Waals surface area (Å²) in [5, 5.41) is 6.60. The molecule has 0 radical (unpaired) electrons. The van der Waals surface area contributed by atoms with Crippen molar-refractivity contribution in [1.29, 1.82) is 0 Å². The summed E-state index contributed by atoms with van der Waals surface area (Å²) in [5.41, 5.74) is -0.544. The normalized spacial score (nSPS) is 21.3. The van der Waals surface area contributed by atoms with Gasteiger partial charge in [-0.25, -0.2) is 4.79 Å². The van der Waals surface area contributed by atoms with Gasteiger partial charge in [0.2, 0.25) is 5.91 Å². The molecule has 1 aromatic heterocycles. The predicted molar refractivity (Wildman–Crippen MR) is 87.5 cm³/mol. The molecule has 0 bridgehead atoms. The highest BCUT2D eigenvalue weighted by Crippen LogP contribution is 2.08. The predicted octanol–water partition coefficient (Wildman–Crippen LogP) is -0.0535. The van der Waals surface area contributed by atoms with Gasteiger partial charge in [-0.05, 0) is 38.4 Å². The molecule has 1 aliphatic heterocycles. The molecule has 1 aromatic carbocycles. The molecule has 0 spiro atoms. The van der Waals surface area contributed by atoms with Gasteiger partial charge >= 0.3 is 5.69 Å². The van der Waals surface area contributed by atoms with Crippen LogP contribution in [0, 0.1) is 0 Å².